The zero-order chi connectivity index (χ0) is 18.9. The van der Waals surface area contributed by atoms with E-state index in [4.69, 9.17) is 10.5 Å². The lowest BCUT2D eigenvalue weighted by molar-refractivity contribution is -0.137. The van der Waals surface area contributed by atoms with Crippen molar-refractivity contribution in [3.8, 4) is 11.1 Å². The molecule has 1 fully saturated rings. The molecule has 1 saturated heterocycles. The number of nitrogens with zero attached hydrogens (tertiary/aromatic N) is 1. The van der Waals surface area contributed by atoms with Gasteiger partial charge in [0.05, 0.1) is 23.7 Å². The second-order valence-electron chi connectivity index (χ2n) is 5.82. The van der Waals surface area contributed by atoms with Gasteiger partial charge in [-0.1, -0.05) is 30.3 Å². The molecule has 9 heteroatoms. The molecule has 3 rings (SSSR count). The maximum Gasteiger partial charge on any atom is 0.417 e. The Morgan fingerprint density at radius 3 is 2.23 bits per heavy atom. The van der Waals surface area contributed by atoms with Crippen LogP contribution in [-0.4, -0.2) is 39.0 Å². The van der Waals surface area contributed by atoms with Crippen LogP contribution in [0.2, 0.25) is 0 Å². The molecule has 0 atom stereocenters. The maximum absolute atomic E-state index is 13.6. The zero-order valence-corrected chi connectivity index (χ0v) is 14.5. The molecule has 1 aliphatic heterocycles. The summed E-state index contributed by atoms with van der Waals surface area (Å²) in [5.41, 5.74) is 4.06. The number of anilines is 1. The molecule has 140 valence electrons. The third-order valence-corrected chi connectivity index (χ3v) is 6.00. The molecule has 0 bridgehead atoms. The highest BCUT2D eigenvalue weighted by atomic mass is 32.2. The first-order chi connectivity index (χ1) is 12.2. The molecule has 0 unspecified atom stereocenters. The first-order valence-corrected chi connectivity index (χ1v) is 9.29. The largest absolute Gasteiger partial charge is 0.417 e. The molecular weight excluding hydrogens is 369 g/mol. The molecule has 0 spiro atoms. The van der Waals surface area contributed by atoms with Gasteiger partial charge in [-0.25, -0.2) is 8.42 Å². The van der Waals surface area contributed by atoms with Gasteiger partial charge < -0.3 is 10.5 Å². The number of benzene rings is 2. The van der Waals surface area contributed by atoms with Crippen LogP contribution < -0.4 is 5.73 Å². The van der Waals surface area contributed by atoms with Crippen molar-refractivity contribution in [1.29, 1.82) is 0 Å². The average molecular weight is 386 g/mol. The Balaban J connectivity index is 2.29. The molecule has 0 aliphatic carbocycles. The Kier molecular flexibility index (Phi) is 4.96. The van der Waals surface area contributed by atoms with Gasteiger partial charge in [-0.2, -0.15) is 17.5 Å². The minimum atomic E-state index is -4.75. The van der Waals surface area contributed by atoms with Gasteiger partial charge in [0, 0.05) is 24.3 Å². The van der Waals surface area contributed by atoms with Crippen molar-refractivity contribution in [2.45, 2.75) is 11.1 Å². The molecule has 26 heavy (non-hydrogen) atoms. The van der Waals surface area contributed by atoms with E-state index in [1.807, 2.05) is 0 Å². The Hall–Kier alpha value is -2.10. The van der Waals surface area contributed by atoms with E-state index < -0.39 is 32.2 Å². The molecular formula is C17H17F3N2O3S. The highest BCUT2D eigenvalue weighted by molar-refractivity contribution is 7.89. The van der Waals surface area contributed by atoms with Crippen molar-refractivity contribution in [2.24, 2.45) is 0 Å². The number of morpholine rings is 1. The quantitative estimate of drug-likeness (QED) is 0.824. The summed E-state index contributed by atoms with van der Waals surface area (Å²) in [4.78, 5) is -0.446. The number of nitrogen functional groups attached to an aromatic ring is 1. The maximum atomic E-state index is 13.6. The normalized spacial score (nSPS) is 16.6. The van der Waals surface area contributed by atoms with Crippen LogP contribution in [0, 0.1) is 0 Å². The molecule has 0 aromatic heterocycles. The summed E-state index contributed by atoms with van der Waals surface area (Å²) in [5, 5.41) is 0. The minimum Gasteiger partial charge on any atom is -0.399 e. The van der Waals surface area contributed by atoms with E-state index in [1.54, 1.807) is 18.2 Å². The molecule has 1 aliphatic rings. The van der Waals surface area contributed by atoms with Crippen LogP contribution in [0.25, 0.3) is 11.1 Å². The van der Waals surface area contributed by atoms with Gasteiger partial charge in [0.1, 0.15) is 0 Å². The van der Waals surface area contributed by atoms with E-state index in [-0.39, 0.29) is 37.6 Å². The summed E-state index contributed by atoms with van der Waals surface area (Å²) in [6.45, 7) is 0.530. The Morgan fingerprint density at radius 2 is 1.65 bits per heavy atom. The average Bonchev–Trinajstić information content (AvgIpc) is 2.61. The second-order valence-corrected chi connectivity index (χ2v) is 7.73. The van der Waals surface area contributed by atoms with Crippen LogP contribution in [0.3, 0.4) is 0 Å². The molecule has 0 saturated carbocycles. The number of hydrogen-bond acceptors (Lipinski definition) is 4. The van der Waals surface area contributed by atoms with Crippen molar-refractivity contribution in [3.05, 3.63) is 48.0 Å². The minimum absolute atomic E-state index is 0.0761. The Labute approximate surface area is 149 Å². The molecule has 2 aromatic carbocycles. The van der Waals surface area contributed by atoms with Crippen molar-refractivity contribution in [2.75, 3.05) is 32.0 Å². The van der Waals surface area contributed by atoms with E-state index >= 15 is 0 Å². The fourth-order valence-electron chi connectivity index (χ4n) is 2.89. The van der Waals surface area contributed by atoms with Crippen LogP contribution in [-0.2, 0) is 20.9 Å². The topological polar surface area (TPSA) is 72.6 Å². The summed E-state index contributed by atoms with van der Waals surface area (Å²) < 4.78 is 73.3. The molecule has 2 aromatic rings. The van der Waals surface area contributed by atoms with Gasteiger partial charge in [-0.15, -0.1) is 0 Å². The lowest BCUT2D eigenvalue weighted by Crippen LogP contribution is -2.41. The van der Waals surface area contributed by atoms with Crippen LogP contribution >= 0.6 is 0 Å². The van der Waals surface area contributed by atoms with Crippen LogP contribution in [0.15, 0.2) is 47.4 Å². The highest BCUT2D eigenvalue weighted by Gasteiger charge is 2.39. The predicted molar refractivity (Wildman–Crippen MR) is 90.9 cm³/mol. The first kappa shape index (κ1) is 18.7. The lowest BCUT2D eigenvalue weighted by Gasteiger charge is -2.28. The first-order valence-electron chi connectivity index (χ1n) is 7.85. The number of ether oxygens (including phenoxy) is 1. The van der Waals surface area contributed by atoms with E-state index in [1.165, 1.54) is 12.1 Å². The fraction of sp³-hybridized carbons (Fsp3) is 0.294. The smallest absolute Gasteiger partial charge is 0.399 e. The second kappa shape index (κ2) is 6.90. The Morgan fingerprint density at radius 1 is 1.04 bits per heavy atom. The Bertz CT molecular complexity index is 893. The van der Waals surface area contributed by atoms with Gasteiger partial charge >= 0.3 is 6.18 Å². The van der Waals surface area contributed by atoms with E-state index in [0.717, 1.165) is 16.4 Å². The monoisotopic (exact) mass is 386 g/mol. The number of alkyl halides is 3. The molecule has 0 radical (unpaired) electrons. The lowest BCUT2D eigenvalue weighted by atomic mass is 9.98. The van der Waals surface area contributed by atoms with Crippen LogP contribution in [0.1, 0.15) is 5.56 Å². The number of halogens is 3. The molecule has 0 amide bonds. The van der Waals surface area contributed by atoms with E-state index in [0.29, 0.717) is 0 Å². The molecule has 1 heterocycles. The summed E-state index contributed by atoms with van der Waals surface area (Å²) in [6.07, 6.45) is -4.75. The van der Waals surface area contributed by atoms with Gasteiger partial charge in [0.15, 0.2) is 0 Å². The predicted octanol–water partition coefficient (Wildman–Crippen LogP) is 2.98. The van der Waals surface area contributed by atoms with E-state index in [9.17, 15) is 21.6 Å². The number of hydrogen-bond donors (Lipinski definition) is 1. The van der Waals surface area contributed by atoms with Crippen molar-refractivity contribution >= 4 is 15.7 Å². The number of rotatable bonds is 3. The number of nitrogens with two attached hydrogens (primary N) is 1. The van der Waals surface area contributed by atoms with Crippen LogP contribution in [0.4, 0.5) is 18.9 Å². The summed E-state index contributed by atoms with van der Waals surface area (Å²) in [7, 11) is -4.17. The van der Waals surface area contributed by atoms with Crippen molar-refractivity contribution < 1.29 is 26.3 Å². The molecule has 5 nitrogen and oxygen atoms in total. The fourth-order valence-corrected chi connectivity index (χ4v) is 4.57. The van der Waals surface area contributed by atoms with Gasteiger partial charge in [0.25, 0.3) is 0 Å². The number of sulfonamides is 1. The zero-order valence-electron chi connectivity index (χ0n) is 13.7. The van der Waals surface area contributed by atoms with E-state index in [2.05, 4.69) is 0 Å². The SMILES string of the molecule is Nc1cc(C(F)(F)F)c(-c2ccccc2)c(S(=O)(=O)N2CCOCC2)c1. The highest BCUT2D eigenvalue weighted by Crippen LogP contribution is 2.42. The van der Waals surface area contributed by atoms with Crippen molar-refractivity contribution in [3.63, 3.8) is 0 Å². The van der Waals surface area contributed by atoms with Crippen molar-refractivity contribution in [1.82, 2.24) is 4.31 Å². The van der Waals surface area contributed by atoms with Gasteiger partial charge in [-0.3, -0.25) is 0 Å². The summed E-state index contributed by atoms with van der Waals surface area (Å²) in [5.74, 6) is 0. The van der Waals surface area contributed by atoms with Gasteiger partial charge in [-0.05, 0) is 17.7 Å². The van der Waals surface area contributed by atoms with Gasteiger partial charge in [0.2, 0.25) is 10.0 Å². The standard InChI is InChI=1S/C17H17F3N2O3S/c18-17(19,20)14-10-13(21)11-15(16(14)12-4-2-1-3-5-12)26(23,24)22-6-8-25-9-7-22/h1-5,10-11H,6-9,21H2. The third kappa shape index (κ3) is 3.55. The summed E-state index contributed by atoms with van der Waals surface area (Å²) >= 11 is 0. The summed E-state index contributed by atoms with van der Waals surface area (Å²) in [6, 6.07) is 9.49. The third-order valence-electron chi connectivity index (χ3n) is 4.08. The molecule has 2 N–H and O–H groups in total. The van der Waals surface area contributed by atoms with Crippen LogP contribution in [0.5, 0.6) is 0 Å².